The molecule has 0 fully saturated rings. The molecule has 0 aliphatic heterocycles. The van der Waals surface area contributed by atoms with Crippen molar-refractivity contribution in [3.8, 4) is 0 Å². The van der Waals surface area contributed by atoms with E-state index in [0.29, 0.717) is 12.5 Å². The first kappa shape index (κ1) is 17.6. The standard InChI is InChI=1S/C18H17F2NO3/c1-3-12(11-7-5-4-6-8-11)17(22)21-16-9-13(18(23)24-2)14(19)10-15(16)20/h4-10,12H,3H2,1-2H3,(H,21,22)/t12-/m1/s1. The van der Waals surface area contributed by atoms with Gasteiger partial charge in [-0.25, -0.2) is 13.6 Å². The van der Waals surface area contributed by atoms with E-state index < -0.39 is 35.0 Å². The van der Waals surface area contributed by atoms with E-state index in [1.54, 1.807) is 24.3 Å². The molecule has 24 heavy (non-hydrogen) atoms. The second-order valence-corrected chi connectivity index (χ2v) is 5.16. The number of methoxy groups -OCH3 is 1. The molecule has 6 heteroatoms. The van der Waals surface area contributed by atoms with Gasteiger partial charge >= 0.3 is 5.97 Å². The SMILES string of the molecule is CC[C@@H](C(=O)Nc1cc(C(=O)OC)c(F)cc1F)c1ccccc1. The Morgan fingerprint density at radius 3 is 2.38 bits per heavy atom. The second kappa shape index (κ2) is 7.68. The van der Waals surface area contributed by atoms with E-state index in [-0.39, 0.29) is 5.69 Å². The van der Waals surface area contributed by atoms with Crippen molar-refractivity contribution in [2.45, 2.75) is 19.3 Å². The molecule has 2 aromatic carbocycles. The summed E-state index contributed by atoms with van der Waals surface area (Å²) in [6.07, 6.45) is 0.502. The summed E-state index contributed by atoms with van der Waals surface area (Å²) in [5, 5.41) is 2.42. The molecule has 0 saturated carbocycles. The Kier molecular flexibility index (Phi) is 5.63. The van der Waals surface area contributed by atoms with Crippen LogP contribution in [-0.4, -0.2) is 19.0 Å². The second-order valence-electron chi connectivity index (χ2n) is 5.16. The van der Waals surface area contributed by atoms with Gasteiger partial charge in [-0.2, -0.15) is 0 Å². The largest absolute Gasteiger partial charge is 0.465 e. The van der Waals surface area contributed by atoms with Gasteiger partial charge in [-0.1, -0.05) is 37.3 Å². The van der Waals surface area contributed by atoms with Crippen LogP contribution in [0.15, 0.2) is 42.5 Å². The summed E-state index contributed by atoms with van der Waals surface area (Å²) in [6, 6.07) is 10.5. The van der Waals surface area contributed by atoms with E-state index in [4.69, 9.17) is 0 Å². The first-order chi connectivity index (χ1) is 11.5. The maximum Gasteiger partial charge on any atom is 0.340 e. The highest BCUT2D eigenvalue weighted by atomic mass is 19.1. The third-order valence-electron chi connectivity index (χ3n) is 3.65. The molecular formula is C18H17F2NO3. The molecule has 2 rings (SSSR count). The summed E-state index contributed by atoms with van der Waals surface area (Å²) in [7, 11) is 1.09. The number of hydrogen-bond acceptors (Lipinski definition) is 3. The predicted molar refractivity (Wildman–Crippen MR) is 85.8 cm³/mol. The van der Waals surface area contributed by atoms with Gasteiger partial charge in [-0.05, 0) is 18.1 Å². The number of nitrogens with one attached hydrogen (secondary N) is 1. The van der Waals surface area contributed by atoms with Gasteiger partial charge in [0.2, 0.25) is 5.91 Å². The molecule has 0 saturated heterocycles. The molecule has 0 radical (unpaired) electrons. The number of anilines is 1. The number of amides is 1. The van der Waals surface area contributed by atoms with Crippen LogP contribution in [-0.2, 0) is 9.53 Å². The smallest absolute Gasteiger partial charge is 0.340 e. The quantitative estimate of drug-likeness (QED) is 0.845. The molecule has 126 valence electrons. The van der Waals surface area contributed by atoms with Crippen molar-refractivity contribution in [3.63, 3.8) is 0 Å². The molecule has 0 aliphatic carbocycles. The molecule has 1 amide bonds. The fraction of sp³-hybridized carbons (Fsp3) is 0.222. The molecular weight excluding hydrogens is 316 g/mol. The summed E-state index contributed by atoms with van der Waals surface area (Å²) >= 11 is 0. The Balaban J connectivity index is 2.29. The third kappa shape index (κ3) is 3.76. The lowest BCUT2D eigenvalue weighted by Crippen LogP contribution is -2.22. The first-order valence-electron chi connectivity index (χ1n) is 7.41. The minimum atomic E-state index is -1.05. The van der Waals surface area contributed by atoms with E-state index in [1.165, 1.54) is 0 Å². The lowest BCUT2D eigenvalue weighted by atomic mass is 9.95. The highest BCUT2D eigenvalue weighted by Crippen LogP contribution is 2.24. The number of carbonyl (C=O) groups is 2. The molecule has 0 unspecified atom stereocenters. The van der Waals surface area contributed by atoms with E-state index in [9.17, 15) is 18.4 Å². The molecule has 0 spiro atoms. The Hall–Kier alpha value is -2.76. The average molecular weight is 333 g/mol. The number of hydrogen-bond donors (Lipinski definition) is 1. The van der Waals surface area contributed by atoms with Crippen LogP contribution >= 0.6 is 0 Å². The summed E-state index contributed by atoms with van der Waals surface area (Å²) in [6.45, 7) is 1.83. The van der Waals surface area contributed by atoms with Crippen molar-refractivity contribution < 1.29 is 23.1 Å². The molecule has 0 aliphatic rings. The van der Waals surface area contributed by atoms with Crippen LogP contribution in [0, 0.1) is 11.6 Å². The van der Waals surface area contributed by atoms with Crippen molar-refractivity contribution in [1.29, 1.82) is 0 Å². The van der Waals surface area contributed by atoms with Gasteiger partial charge in [-0.3, -0.25) is 4.79 Å². The Morgan fingerprint density at radius 1 is 1.12 bits per heavy atom. The number of carbonyl (C=O) groups excluding carboxylic acids is 2. The minimum Gasteiger partial charge on any atom is -0.465 e. The summed E-state index contributed by atoms with van der Waals surface area (Å²) < 4.78 is 32.0. The maximum absolute atomic E-state index is 13.9. The molecule has 0 heterocycles. The predicted octanol–water partition coefficient (Wildman–Crippen LogP) is 3.88. The topological polar surface area (TPSA) is 55.4 Å². The minimum absolute atomic E-state index is 0.267. The maximum atomic E-state index is 13.9. The van der Waals surface area contributed by atoms with E-state index in [1.807, 2.05) is 13.0 Å². The fourth-order valence-corrected chi connectivity index (χ4v) is 2.39. The van der Waals surface area contributed by atoms with Crippen molar-refractivity contribution in [2.24, 2.45) is 0 Å². The number of benzene rings is 2. The molecule has 0 aromatic heterocycles. The number of halogens is 2. The lowest BCUT2D eigenvalue weighted by Gasteiger charge is -2.16. The van der Waals surface area contributed by atoms with Crippen LogP contribution in [0.3, 0.4) is 0 Å². The van der Waals surface area contributed by atoms with Crippen LogP contribution in [0.4, 0.5) is 14.5 Å². The van der Waals surface area contributed by atoms with Crippen LogP contribution in [0.1, 0.15) is 35.2 Å². The van der Waals surface area contributed by atoms with Crippen molar-refractivity contribution in [2.75, 3.05) is 12.4 Å². The van der Waals surface area contributed by atoms with Crippen LogP contribution in [0.2, 0.25) is 0 Å². The highest BCUT2D eigenvalue weighted by molar-refractivity contribution is 5.97. The zero-order chi connectivity index (χ0) is 17.7. The highest BCUT2D eigenvalue weighted by Gasteiger charge is 2.22. The zero-order valence-corrected chi connectivity index (χ0v) is 13.3. The van der Waals surface area contributed by atoms with Crippen molar-refractivity contribution in [1.82, 2.24) is 0 Å². The van der Waals surface area contributed by atoms with Gasteiger partial charge in [-0.15, -0.1) is 0 Å². The third-order valence-corrected chi connectivity index (χ3v) is 3.65. The summed E-state index contributed by atoms with van der Waals surface area (Å²) in [5.74, 6) is -3.88. The van der Waals surface area contributed by atoms with Crippen molar-refractivity contribution >= 4 is 17.6 Å². The monoisotopic (exact) mass is 333 g/mol. The zero-order valence-electron chi connectivity index (χ0n) is 13.3. The summed E-state index contributed by atoms with van der Waals surface area (Å²) in [4.78, 5) is 23.9. The Labute approximate surface area is 138 Å². The summed E-state index contributed by atoms with van der Waals surface area (Å²) in [5.41, 5.74) is 0.0753. The molecule has 1 N–H and O–H groups in total. The van der Waals surface area contributed by atoms with Crippen molar-refractivity contribution in [3.05, 3.63) is 65.2 Å². The van der Waals surface area contributed by atoms with E-state index in [0.717, 1.165) is 18.7 Å². The van der Waals surface area contributed by atoms with Gasteiger partial charge in [0, 0.05) is 6.07 Å². The van der Waals surface area contributed by atoms with Gasteiger partial charge in [0.25, 0.3) is 0 Å². The lowest BCUT2D eigenvalue weighted by molar-refractivity contribution is -0.117. The molecule has 4 nitrogen and oxygen atoms in total. The average Bonchev–Trinajstić information content (AvgIpc) is 2.58. The number of rotatable bonds is 5. The normalized spacial score (nSPS) is 11.7. The number of ether oxygens (including phenoxy) is 1. The Bertz CT molecular complexity index is 747. The van der Waals surface area contributed by atoms with Crippen LogP contribution in [0.5, 0.6) is 0 Å². The number of esters is 1. The van der Waals surface area contributed by atoms with Crippen LogP contribution in [0.25, 0.3) is 0 Å². The van der Waals surface area contributed by atoms with Crippen LogP contribution < -0.4 is 5.32 Å². The molecule has 1 atom stereocenters. The van der Waals surface area contributed by atoms with E-state index >= 15 is 0 Å². The van der Waals surface area contributed by atoms with Gasteiger partial charge in [0.05, 0.1) is 24.3 Å². The fourth-order valence-electron chi connectivity index (χ4n) is 2.39. The molecule has 0 bridgehead atoms. The molecule has 2 aromatic rings. The Morgan fingerprint density at radius 2 is 1.79 bits per heavy atom. The van der Waals surface area contributed by atoms with E-state index in [2.05, 4.69) is 10.1 Å². The van der Waals surface area contributed by atoms with Gasteiger partial charge in [0.1, 0.15) is 11.6 Å². The van der Waals surface area contributed by atoms with Gasteiger partial charge in [0.15, 0.2) is 0 Å². The first-order valence-corrected chi connectivity index (χ1v) is 7.41. The van der Waals surface area contributed by atoms with Gasteiger partial charge < -0.3 is 10.1 Å².